The summed E-state index contributed by atoms with van der Waals surface area (Å²) in [4.78, 5) is 1.14. The molecular weight excluding hydrogens is 232 g/mol. The highest BCUT2D eigenvalue weighted by Gasteiger charge is 2.23. The lowest BCUT2D eigenvalue weighted by Crippen LogP contribution is -2.11. The molecule has 1 atom stereocenters. The second-order valence-corrected chi connectivity index (χ2v) is 4.83. The molecule has 17 heavy (non-hydrogen) atoms. The Morgan fingerprint density at radius 3 is 2.59 bits per heavy atom. The molecule has 0 N–H and O–H groups in total. The summed E-state index contributed by atoms with van der Waals surface area (Å²) >= 11 is 1.61. The topological polar surface area (TPSA) is 18.5 Å². The summed E-state index contributed by atoms with van der Waals surface area (Å²) in [5.74, 6) is 0.913. The van der Waals surface area contributed by atoms with Crippen LogP contribution in [0.15, 0.2) is 59.5 Å². The standard InChI is InChI=1S/C14H12O2S/c1-2-6-11(7-3-1)10-15-14-16-12-8-4-5-9-13(12)17-14/h1-9,14H,10H2. The van der Waals surface area contributed by atoms with Gasteiger partial charge in [0.15, 0.2) is 0 Å². The number of thioether (sulfide) groups is 1. The maximum absolute atomic E-state index is 5.71. The first kappa shape index (κ1) is 10.7. The van der Waals surface area contributed by atoms with E-state index in [1.807, 2.05) is 54.6 Å². The van der Waals surface area contributed by atoms with Crippen LogP contribution in [0.1, 0.15) is 5.56 Å². The molecule has 1 heterocycles. The van der Waals surface area contributed by atoms with E-state index in [4.69, 9.17) is 9.47 Å². The van der Waals surface area contributed by atoms with Crippen LogP contribution < -0.4 is 4.74 Å². The molecule has 1 aliphatic rings. The van der Waals surface area contributed by atoms with Crippen molar-refractivity contribution in [3.05, 3.63) is 60.2 Å². The number of fused-ring (bicyclic) bond motifs is 1. The van der Waals surface area contributed by atoms with Crippen LogP contribution in [-0.4, -0.2) is 5.62 Å². The lowest BCUT2D eigenvalue weighted by Gasteiger charge is -2.10. The maximum atomic E-state index is 5.71. The number of rotatable bonds is 3. The number of ether oxygens (including phenoxy) is 2. The third kappa shape index (κ3) is 2.46. The van der Waals surface area contributed by atoms with Gasteiger partial charge in [-0.05, 0) is 29.5 Å². The molecule has 3 heteroatoms. The Kier molecular flexibility index (Phi) is 3.03. The fourth-order valence-corrected chi connectivity index (χ4v) is 2.57. The molecule has 2 aromatic carbocycles. The first-order valence-electron chi connectivity index (χ1n) is 5.50. The minimum absolute atomic E-state index is 0.229. The second kappa shape index (κ2) is 4.82. The molecule has 86 valence electrons. The Balaban J connectivity index is 1.59. The maximum Gasteiger partial charge on any atom is 0.254 e. The molecule has 0 aliphatic carbocycles. The molecular formula is C14H12O2S. The summed E-state index contributed by atoms with van der Waals surface area (Å²) in [5.41, 5.74) is 0.931. The molecule has 0 aromatic heterocycles. The van der Waals surface area contributed by atoms with E-state index < -0.39 is 0 Å². The van der Waals surface area contributed by atoms with Gasteiger partial charge in [-0.2, -0.15) is 0 Å². The normalized spacial score (nSPS) is 17.5. The Bertz CT molecular complexity index is 474. The zero-order valence-electron chi connectivity index (χ0n) is 9.21. The Morgan fingerprint density at radius 2 is 1.76 bits per heavy atom. The van der Waals surface area contributed by atoms with Crippen molar-refractivity contribution in [3.8, 4) is 5.75 Å². The molecule has 2 aromatic rings. The lowest BCUT2D eigenvalue weighted by atomic mass is 10.2. The first-order valence-corrected chi connectivity index (χ1v) is 6.38. The van der Waals surface area contributed by atoms with Crippen LogP contribution in [0, 0.1) is 0 Å². The van der Waals surface area contributed by atoms with E-state index in [9.17, 15) is 0 Å². The Labute approximate surface area is 105 Å². The van der Waals surface area contributed by atoms with Gasteiger partial charge in [-0.15, -0.1) is 0 Å². The van der Waals surface area contributed by atoms with E-state index in [2.05, 4.69) is 0 Å². The largest absolute Gasteiger partial charge is 0.454 e. The summed E-state index contributed by atoms with van der Waals surface area (Å²) in [5, 5.41) is 0. The quantitative estimate of drug-likeness (QED) is 0.820. The third-order valence-corrected chi connectivity index (χ3v) is 3.54. The highest BCUT2D eigenvalue weighted by molar-refractivity contribution is 8.00. The van der Waals surface area contributed by atoms with E-state index >= 15 is 0 Å². The van der Waals surface area contributed by atoms with E-state index in [1.165, 1.54) is 0 Å². The van der Waals surface area contributed by atoms with Crippen molar-refractivity contribution in [2.75, 3.05) is 0 Å². The smallest absolute Gasteiger partial charge is 0.254 e. The van der Waals surface area contributed by atoms with Crippen molar-refractivity contribution in [2.45, 2.75) is 17.1 Å². The summed E-state index contributed by atoms with van der Waals surface area (Å²) in [6.45, 7) is 0.576. The van der Waals surface area contributed by atoms with Gasteiger partial charge in [0.05, 0.1) is 11.5 Å². The lowest BCUT2D eigenvalue weighted by molar-refractivity contribution is -0.0205. The fourth-order valence-electron chi connectivity index (χ4n) is 1.68. The van der Waals surface area contributed by atoms with Crippen molar-refractivity contribution in [2.24, 2.45) is 0 Å². The van der Waals surface area contributed by atoms with Gasteiger partial charge in [0.25, 0.3) is 5.62 Å². The Morgan fingerprint density at radius 1 is 1.00 bits per heavy atom. The predicted octanol–water partition coefficient (Wildman–Crippen LogP) is 3.67. The third-order valence-electron chi connectivity index (χ3n) is 2.52. The average molecular weight is 244 g/mol. The highest BCUT2D eigenvalue weighted by atomic mass is 32.2. The molecule has 0 saturated heterocycles. The summed E-state index contributed by atoms with van der Waals surface area (Å²) in [7, 11) is 0. The van der Waals surface area contributed by atoms with Crippen molar-refractivity contribution < 1.29 is 9.47 Å². The van der Waals surface area contributed by atoms with Crippen LogP contribution in [0.25, 0.3) is 0 Å². The number of hydrogen-bond acceptors (Lipinski definition) is 3. The molecule has 3 rings (SSSR count). The molecule has 0 radical (unpaired) electrons. The molecule has 0 spiro atoms. The number of benzene rings is 2. The molecule has 0 fully saturated rings. The summed E-state index contributed by atoms with van der Waals surface area (Å²) in [6, 6.07) is 18.1. The Hall–Kier alpha value is -1.45. The molecule has 1 aliphatic heterocycles. The zero-order valence-corrected chi connectivity index (χ0v) is 10.0. The van der Waals surface area contributed by atoms with Crippen molar-refractivity contribution >= 4 is 11.8 Å². The minimum Gasteiger partial charge on any atom is -0.454 e. The van der Waals surface area contributed by atoms with Gasteiger partial charge in [-0.3, -0.25) is 0 Å². The average Bonchev–Trinajstić information content (AvgIpc) is 2.80. The van der Waals surface area contributed by atoms with Crippen molar-refractivity contribution in [1.29, 1.82) is 0 Å². The van der Waals surface area contributed by atoms with Crippen LogP contribution in [-0.2, 0) is 11.3 Å². The zero-order chi connectivity index (χ0) is 11.5. The van der Waals surface area contributed by atoms with Gasteiger partial charge in [0, 0.05) is 0 Å². The van der Waals surface area contributed by atoms with Crippen LogP contribution in [0.2, 0.25) is 0 Å². The fraction of sp³-hybridized carbons (Fsp3) is 0.143. The van der Waals surface area contributed by atoms with Gasteiger partial charge in [-0.1, -0.05) is 42.5 Å². The summed E-state index contributed by atoms with van der Waals surface area (Å²) in [6.07, 6.45) is 0. The second-order valence-electron chi connectivity index (χ2n) is 3.77. The van der Waals surface area contributed by atoms with Crippen LogP contribution in [0.3, 0.4) is 0 Å². The monoisotopic (exact) mass is 244 g/mol. The van der Waals surface area contributed by atoms with Gasteiger partial charge < -0.3 is 9.47 Å². The van der Waals surface area contributed by atoms with Gasteiger partial charge in [0.1, 0.15) is 5.75 Å². The number of para-hydroxylation sites is 1. The molecule has 0 amide bonds. The molecule has 2 nitrogen and oxygen atoms in total. The summed E-state index contributed by atoms with van der Waals surface area (Å²) < 4.78 is 11.4. The van der Waals surface area contributed by atoms with Crippen molar-refractivity contribution in [1.82, 2.24) is 0 Å². The van der Waals surface area contributed by atoms with Crippen LogP contribution >= 0.6 is 11.8 Å². The van der Waals surface area contributed by atoms with Gasteiger partial charge in [0.2, 0.25) is 0 Å². The van der Waals surface area contributed by atoms with Crippen LogP contribution in [0.5, 0.6) is 5.75 Å². The van der Waals surface area contributed by atoms with E-state index in [-0.39, 0.29) is 5.62 Å². The van der Waals surface area contributed by atoms with Crippen LogP contribution in [0.4, 0.5) is 0 Å². The molecule has 1 unspecified atom stereocenters. The predicted molar refractivity (Wildman–Crippen MR) is 67.9 cm³/mol. The minimum atomic E-state index is -0.229. The highest BCUT2D eigenvalue weighted by Crippen LogP contribution is 2.40. The molecule has 0 saturated carbocycles. The van der Waals surface area contributed by atoms with E-state index in [0.717, 1.165) is 16.2 Å². The van der Waals surface area contributed by atoms with E-state index in [0.29, 0.717) is 6.61 Å². The van der Waals surface area contributed by atoms with Gasteiger partial charge in [-0.25, -0.2) is 0 Å². The van der Waals surface area contributed by atoms with Gasteiger partial charge >= 0.3 is 0 Å². The number of hydrogen-bond donors (Lipinski definition) is 0. The molecule has 0 bridgehead atoms. The van der Waals surface area contributed by atoms with E-state index in [1.54, 1.807) is 11.8 Å². The SMILES string of the molecule is c1ccc(COC2Oc3ccccc3S2)cc1. The van der Waals surface area contributed by atoms with Crippen molar-refractivity contribution in [3.63, 3.8) is 0 Å². The first-order chi connectivity index (χ1) is 8.42.